The summed E-state index contributed by atoms with van der Waals surface area (Å²) < 4.78 is 11.0. The first-order chi connectivity index (χ1) is 20.5. The van der Waals surface area contributed by atoms with Gasteiger partial charge in [0, 0.05) is 13.0 Å². The van der Waals surface area contributed by atoms with Crippen molar-refractivity contribution >= 4 is 23.9 Å². The predicted octanol–water partition coefficient (Wildman–Crippen LogP) is 5.43. The average Bonchev–Trinajstić information content (AvgIpc) is 2.91. The molecule has 3 unspecified atom stereocenters. The second-order valence-corrected chi connectivity index (χ2v) is 12.9. The number of nitrogens with one attached hydrogen (secondary N) is 2. The molecule has 242 valence electrons. The van der Waals surface area contributed by atoms with Crippen molar-refractivity contribution in [1.82, 2.24) is 15.5 Å². The topological polar surface area (TPSA) is 134 Å². The van der Waals surface area contributed by atoms with Crippen molar-refractivity contribution in [2.75, 3.05) is 6.54 Å². The first-order valence-corrected chi connectivity index (χ1v) is 15.2. The van der Waals surface area contributed by atoms with Gasteiger partial charge in [-0.25, -0.2) is 9.59 Å². The molecule has 2 aromatic carbocycles. The van der Waals surface area contributed by atoms with E-state index >= 15 is 0 Å². The molecule has 0 aliphatic heterocycles. The van der Waals surface area contributed by atoms with Crippen LogP contribution in [0.3, 0.4) is 0 Å². The van der Waals surface area contributed by atoms with Crippen LogP contribution in [0.2, 0.25) is 0 Å². The number of aromatic hydroxyl groups is 1. The summed E-state index contributed by atoms with van der Waals surface area (Å²) in [5.74, 6) is -1.72. The van der Waals surface area contributed by atoms with Crippen molar-refractivity contribution in [2.24, 2.45) is 0 Å². The van der Waals surface area contributed by atoms with Crippen molar-refractivity contribution < 1.29 is 33.8 Å². The summed E-state index contributed by atoms with van der Waals surface area (Å²) in [6, 6.07) is 12.0. The van der Waals surface area contributed by atoms with E-state index in [1.807, 2.05) is 37.3 Å². The van der Waals surface area contributed by atoms with E-state index in [2.05, 4.69) is 10.6 Å². The van der Waals surface area contributed by atoms with Gasteiger partial charge < -0.3 is 30.1 Å². The highest BCUT2D eigenvalue weighted by molar-refractivity contribution is 5.93. The zero-order valence-corrected chi connectivity index (χ0v) is 27.3. The van der Waals surface area contributed by atoms with Crippen LogP contribution >= 0.6 is 0 Å². The Kier molecular flexibility index (Phi) is 13.2. The zero-order chi connectivity index (χ0) is 33.1. The summed E-state index contributed by atoms with van der Waals surface area (Å²) in [4.78, 5) is 55.5. The summed E-state index contributed by atoms with van der Waals surface area (Å²) in [5, 5.41) is 15.4. The fourth-order valence-electron chi connectivity index (χ4n) is 4.49. The van der Waals surface area contributed by atoms with Gasteiger partial charge in [0.25, 0.3) is 0 Å². The molecule has 0 saturated carbocycles. The molecular weight excluding hydrogens is 562 g/mol. The Bertz CT molecular complexity index is 1230. The minimum absolute atomic E-state index is 0.00700. The third-order valence-corrected chi connectivity index (χ3v) is 6.45. The maximum absolute atomic E-state index is 14.2. The van der Waals surface area contributed by atoms with Gasteiger partial charge in [0.2, 0.25) is 11.8 Å². The smallest absolute Gasteiger partial charge is 0.408 e. The number of unbranched alkanes of at least 4 members (excludes halogenated alkanes) is 2. The first-order valence-electron chi connectivity index (χ1n) is 15.2. The number of hydrogen-bond donors (Lipinski definition) is 3. The standard InChI is InChI=1S/C34H49N3O7/c1-9-10-14-21-37(30(40)23(2)35-32(42)44-34(6,7)8)28(25-17-19-26(38)20-18-25)29(39)36-27(31(41)43-33(3,4)5)22-24-15-12-11-13-16-24/h11-13,15-20,23,27-28,38H,9-10,14,21-22H2,1-8H3,(H,35,42)(H,36,39). The number of hydrogen-bond acceptors (Lipinski definition) is 7. The van der Waals surface area contributed by atoms with Gasteiger partial charge in [-0.1, -0.05) is 62.2 Å². The van der Waals surface area contributed by atoms with Crippen LogP contribution in [0.5, 0.6) is 5.75 Å². The van der Waals surface area contributed by atoms with E-state index < -0.39 is 53.2 Å². The predicted molar refractivity (Wildman–Crippen MR) is 169 cm³/mol. The number of alkyl carbamates (subject to hydrolysis) is 1. The van der Waals surface area contributed by atoms with Crippen molar-refractivity contribution in [3.05, 3.63) is 65.7 Å². The van der Waals surface area contributed by atoms with Gasteiger partial charge in [-0.15, -0.1) is 0 Å². The number of carbonyl (C=O) groups excluding carboxylic acids is 4. The summed E-state index contributed by atoms with van der Waals surface area (Å²) in [5.41, 5.74) is -0.316. The van der Waals surface area contributed by atoms with Gasteiger partial charge in [0.05, 0.1) is 0 Å². The van der Waals surface area contributed by atoms with E-state index in [1.165, 1.54) is 24.0 Å². The van der Waals surface area contributed by atoms with E-state index in [0.29, 0.717) is 12.0 Å². The fourth-order valence-corrected chi connectivity index (χ4v) is 4.49. The van der Waals surface area contributed by atoms with Crippen molar-refractivity contribution in [1.29, 1.82) is 0 Å². The van der Waals surface area contributed by atoms with Gasteiger partial charge in [0.1, 0.15) is 35.1 Å². The van der Waals surface area contributed by atoms with Crippen molar-refractivity contribution in [2.45, 2.75) is 110 Å². The maximum atomic E-state index is 14.2. The highest BCUT2D eigenvalue weighted by atomic mass is 16.6. The summed E-state index contributed by atoms with van der Waals surface area (Å²) in [6.45, 7) is 14.2. The monoisotopic (exact) mass is 611 g/mol. The molecule has 0 fully saturated rings. The van der Waals surface area contributed by atoms with Gasteiger partial charge in [-0.2, -0.15) is 0 Å². The Balaban J connectivity index is 2.51. The van der Waals surface area contributed by atoms with Crippen LogP contribution in [0, 0.1) is 0 Å². The lowest BCUT2D eigenvalue weighted by molar-refractivity contribution is -0.159. The molecule has 0 aromatic heterocycles. The minimum Gasteiger partial charge on any atom is -0.508 e. The third-order valence-electron chi connectivity index (χ3n) is 6.45. The molecule has 3 atom stereocenters. The highest BCUT2D eigenvalue weighted by Crippen LogP contribution is 2.26. The zero-order valence-electron chi connectivity index (χ0n) is 27.3. The first kappa shape index (κ1) is 36.1. The van der Waals surface area contributed by atoms with Crippen LogP contribution in [0.1, 0.15) is 91.8 Å². The van der Waals surface area contributed by atoms with E-state index in [1.54, 1.807) is 53.7 Å². The lowest BCUT2D eigenvalue weighted by atomic mass is 10.00. The van der Waals surface area contributed by atoms with Crippen molar-refractivity contribution in [3.63, 3.8) is 0 Å². The molecule has 44 heavy (non-hydrogen) atoms. The quantitative estimate of drug-likeness (QED) is 0.203. The third kappa shape index (κ3) is 12.3. The van der Waals surface area contributed by atoms with Gasteiger partial charge >= 0.3 is 12.1 Å². The second-order valence-electron chi connectivity index (χ2n) is 12.9. The fraction of sp³-hybridized carbons (Fsp3) is 0.529. The number of phenols is 1. The number of amides is 3. The average molecular weight is 612 g/mol. The van der Waals surface area contributed by atoms with Crippen LogP contribution in [0.4, 0.5) is 4.79 Å². The molecule has 3 N–H and O–H groups in total. The number of ether oxygens (including phenoxy) is 2. The molecule has 10 heteroatoms. The van der Waals surface area contributed by atoms with Crippen LogP contribution in [0.15, 0.2) is 54.6 Å². The Morgan fingerprint density at radius 1 is 0.841 bits per heavy atom. The van der Waals surface area contributed by atoms with Gasteiger partial charge in [0.15, 0.2) is 0 Å². The van der Waals surface area contributed by atoms with Crippen LogP contribution in [-0.2, 0) is 30.3 Å². The highest BCUT2D eigenvalue weighted by Gasteiger charge is 2.37. The van der Waals surface area contributed by atoms with E-state index in [-0.39, 0.29) is 18.7 Å². The molecule has 0 heterocycles. The van der Waals surface area contributed by atoms with Gasteiger partial charge in [-0.3, -0.25) is 9.59 Å². The van der Waals surface area contributed by atoms with Gasteiger partial charge in [-0.05, 0) is 78.1 Å². The molecule has 0 aliphatic carbocycles. The number of nitrogens with zero attached hydrogens (tertiary/aromatic N) is 1. The number of carbonyl (C=O) groups is 4. The van der Waals surface area contributed by atoms with Crippen molar-refractivity contribution in [3.8, 4) is 5.75 Å². The molecule has 3 amide bonds. The molecule has 0 spiro atoms. The summed E-state index contributed by atoms with van der Waals surface area (Å²) >= 11 is 0. The Morgan fingerprint density at radius 3 is 1.98 bits per heavy atom. The molecule has 0 bridgehead atoms. The Morgan fingerprint density at radius 2 is 1.43 bits per heavy atom. The molecule has 10 nitrogen and oxygen atoms in total. The van der Waals surface area contributed by atoms with Crippen LogP contribution in [0.25, 0.3) is 0 Å². The number of phenolic OH excluding ortho intramolecular Hbond substituents is 1. The van der Waals surface area contributed by atoms with E-state index in [0.717, 1.165) is 18.4 Å². The van der Waals surface area contributed by atoms with Crippen LogP contribution in [-0.4, -0.2) is 63.7 Å². The lowest BCUT2D eigenvalue weighted by Gasteiger charge is -2.34. The summed E-state index contributed by atoms with van der Waals surface area (Å²) in [6.07, 6.45) is 1.69. The maximum Gasteiger partial charge on any atom is 0.408 e. The second kappa shape index (κ2) is 16.1. The lowest BCUT2D eigenvalue weighted by Crippen LogP contribution is -2.54. The largest absolute Gasteiger partial charge is 0.508 e. The minimum atomic E-state index is -1.18. The molecule has 0 aliphatic rings. The molecule has 2 aromatic rings. The molecular formula is C34H49N3O7. The number of esters is 1. The normalized spacial score (nSPS) is 13.6. The van der Waals surface area contributed by atoms with E-state index in [4.69, 9.17) is 9.47 Å². The molecule has 0 saturated heterocycles. The molecule has 2 rings (SSSR count). The summed E-state index contributed by atoms with van der Waals surface area (Å²) in [7, 11) is 0. The molecule has 0 radical (unpaired) electrons. The Labute approximate surface area is 261 Å². The van der Waals surface area contributed by atoms with Crippen LogP contribution < -0.4 is 10.6 Å². The Hall–Kier alpha value is -4.08. The van der Waals surface area contributed by atoms with E-state index in [9.17, 15) is 24.3 Å². The number of rotatable bonds is 13. The number of benzene rings is 2. The SMILES string of the molecule is CCCCCN(C(=O)C(C)NC(=O)OC(C)(C)C)C(C(=O)NC(Cc1ccccc1)C(=O)OC(C)(C)C)c1ccc(O)cc1.